The summed E-state index contributed by atoms with van der Waals surface area (Å²) in [7, 11) is 0. The molecule has 0 unspecified atom stereocenters. The fourth-order valence-electron chi connectivity index (χ4n) is 3.62. The third kappa shape index (κ3) is 5.34. The van der Waals surface area contributed by atoms with Crippen molar-refractivity contribution in [2.75, 3.05) is 0 Å². The van der Waals surface area contributed by atoms with E-state index < -0.39 is 0 Å². The minimum atomic E-state index is -0.345. The minimum Gasteiger partial charge on any atom is -0.489 e. The van der Waals surface area contributed by atoms with Gasteiger partial charge in [-0.1, -0.05) is 72.8 Å². The summed E-state index contributed by atoms with van der Waals surface area (Å²) in [6.45, 7) is 2.83. The zero-order chi connectivity index (χ0) is 22.3. The van der Waals surface area contributed by atoms with Gasteiger partial charge < -0.3 is 20.7 Å². The van der Waals surface area contributed by atoms with E-state index >= 15 is 0 Å². The van der Waals surface area contributed by atoms with Crippen molar-refractivity contribution in [3.05, 3.63) is 113 Å². The van der Waals surface area contributed by atoms with Gasteiger partial charge in [-0.3, -0.25) is 4.79 Å². The number of rotatable bonds is 7. The van der Waals surface area contributed by atoms with Gasteiger partial charge in [0, 0.05) is 12.2 Å². The molecule has 1 aliphatic rings. The normalized spacial score (nSPS) is 15.5. The number of benzene rings is 3. The van der Waals surface area contributed by atoms with E-state index in [0.717, 1.165) is 28.1 Å². The summed E-state index contributed by atoms with van der Waals surface area (Å²) >= 11 is 5.35. The van der Waals surface area contributed by atoms with Crippen molar-refractivity contribution in [3.8, 4) is 5.75 Å². The van der Waals surface area contributed by atoms with E-state index in [1.807, 2.05) is 91.9 Å². The van der Waals surface area contributed by atoms with E-state index in [2.05, 4.69) is 16.0 Å². The predicted octanol–water partition coefficient (Wildman–Crippen LogP) is 4.37. The Labute approximate surface area is 193 Å². The van der Waals surface area contributed by atoms with Gasteiger partial charge in [0.15, 0.2) is 5.11 Å². The summed E-state index contributed by atoms with van der Waals surface area (Å²) in [6.07, 6.45) is 0. The van der Waals surface area contributed by atoms with Crippen LogP contribution in [0.3, 0.4) is 0 Å². The second-order valence-corrected chi connectivity index (χ2v) is 7.99. The number of thiocarbonyl (C=S) groups is 1. The maximum Gasteiger partial charge on any atom is 0.251 e. The number of allylic oxidation sites excluding steroid dienone is 1. The Morgan fingerprint density at radius 1 is 0.938 bits per heavy atom. The molecular weight excluding hydrogens is 418 g/mol. The van der Waals surface area contributed by atoms with Crippen LogP contribution in [-0.4, -0.2) is 11.0 Å². The molecule has 3 N–H and O–H groups in total. The molecule has 0 spiro atoms. The molecular formula is C26H25N3O2S. The van der Waals surface area contributed by atoms with E-state index in [4.69, 9.17) is 17.0 Å². The summed E-state index contributed by atoms with van der Waals surface area (Å²) in [5, 5.41) is 9.82. The molecule has 162 valence electrons. The van der Waals surface area contributed by atoms with Crippen LogP contribution in [0.15, 0.2) is 96.2 Å². The standard InChI is InChI=1S/C26H25N3O2S/c1-18-23(25(30)27-16-19-8-4-2-5-9-19)24(29-26(32)28-18)21-12-14-22(15-13-21)31-17-20-10-6-3-7-11-20/h2-15,24H,16-17H2,1H3,(H,27,30)(H2,28,29,32)/t24-/m1/s1. The Morgan fingerprint density at radius 3 is 2.22 bits per heavy atom. The zero-order valence-corrected chi connectivity index (χ0v) is 18.6. The lowest BCUT2D eigenvalue weighted by Gasteiger charge is -2.30. The first-order valence-corrected chi connectivity index (χ1v) is 10.9. The molecule has 1 amide bonds. The molecule has 0 bridgehead atoms. The molecule has 3 aromatic rings. The first-order valence-electron chi connectivity index (χ1n) is 10.5. The van der Waals surface area contributed by atoms with E-state index in [1.165, 1.54) is 0 Å². The number of hydrogen-bond acceptors (Lipinski definition) is 3. The van der Waals surface area contributed by atoms with E-state index in [1.54, 1.807) is 0 Å². The summed E-state index contributed by atoms with van der Waals surface area (Å²) in [4.78, 5) is 13.1. The van der Waals surface area contributed by atoms with Gasteiger partial charge in [-0.15, -0.1) is 0 Å². The van der Waals surface area contributed by atoms with Gasteiger partial charge >= 0.3 is 0 Å². The highest BCUT2D eigenvalue weighted by Crippen LogP contribution is 2.28. The fraction of sp³-hybridized carbons (Fsp3) is 0.154. The Morgan fingerprint density at radius 2 is 1.56 bits per heavy atom. The number of hydrogen-bond donors (Lipinski definition) is 3. The zero-order valence-electron chi connectivity index (χ0n) is 17.8. The van der Waals surface area contributed by atoms with Gasteiger partial charge in [-0.05, 0) is 48.0 Å². The third-order valence-electron chi connectivity index (χ3n) is 5.27. The molecule has 1 aliphatic heterocycles. The fourth-order valence-corrected chi connectivity index (χ4v) is 3.89. The third-order valence-corrected chi connectivity index (χ3v) is 5.49. The Bertz CT molecular complexity index is 1110. The lowest BCUT2D eigenvalue weighted by atomic mass is 9.95. The second kappa shape index (κ2) is 10.1. The first-order chi connectivity index (χ1) is 15.6. The molecule has 0 radical (unpaired) electrons. The molecule has 1 heterocycles. The van der Waals surface area contributed by atoms with Crippen molar-refractivity contribution < 1.29 is 9.53 Å². The van der Waals surface area contributed by atoms with Gasteiger partial charge in [0.2, 0.25) is 0 Å². The van der Waals surface area contributed by atoms with Gasteiger partial charge in [0.05, 0.1) is 11.6 Å². The molecule has 0 aliphatic carbocycles. The maximum absolute atomic E-state index is 13.1. The number of nitrogens with one attached hydrogen (secondary N) is 3. The highest BCUT2D eigenvalue weighted by molar-refractivity contribution is 7.80. The smallest absolute Gasteiger partial charge is 0.251 e. The topological polar surface area (TPSA) is 62.4 Å². The van der Waals surface area contributed by atoms with Crippen LogP contribution < -0.4 is 20.7 Å². The van der Waals surface area contributed by atoms with Crippen LogP contribution in [0.2, 0.25) is 0 Å². The lowest BCUT2D eigenvalue weighted by molar-refractivity contribution is -0.118. The van der Waals surface area contributed by atoms with Crippen LogP contribution in [0.25, 0.3) is 0 Å². The van der Waals surface area contributed by atoms with E-state index in [-0.39, 0.29) is 11.9 Å². The van der Waals surface area contributed by atoms with Gasteiger partial charge in [0.1, 0.15) is 12.4 Å². The summed E-state index contributed by atoms with van der Waals surface area (Å²) in [5.74, 6) is 0.633. The van der Waals surface area contributed by atoms with Crippen molar-refractivity contribution in [2.24, 2.45) is 0 Å². The molecule has 0 saturated heterocycles. The van der Waals surface area contributed by atoms with Crippen molar-refractivity contribution in [1.82, 2.24) is 16.0 Å². The number of carbonyl (C=O) groups is 1. The predicted molar refractivity (Wildman–Crippen MR) is 130 cm³/mol. The first kappa shape index (κ1) is 21.6. The quantitative estimate of drug-likeness (QED) is 0.473. The minimum absolute atomic E-state index is 0.136. The SMILES string of the molecule is CC1=C(C(=O)NCc2ccccc2)[C@@H](c2ccc(OCc3ccccc3)cc2)NC(=S)N1. The molecule has 1 atom stereocenters. The van der Waals surface area contributed by atoms with E-state index in [9.17, 15) is 4.79 Å². The molecule has 0 aromatic heterocycles. The molecule has 5 nitrogen and oxygen atoms in total. The Kier molecular flexibility index (Phi) is 6.82. The van der Waals surface area contributed by atoms with Crippen LogP contribution in [0.4, 0.5) is 0 Å². The highest BCUT2D eigenvalue weighted by atomic mass is 32.1. The average molecular weight is 444 g/mol. The molecule has 4 rings (SSSR count). The molecule has 6 heteroatoms. The van der Waals surface area contributed by atoms with Crippen LogP contribution in [0.1, 0.15) is 29.7 Å². The average Bonchev–Trinajstić information content (AvgIpc) is 2.82. The van der Waals surface area contributed by atoms with Crippen molar-refractivity contribution in [2.45, 2.75) is 26.1 Å². The van der Waals surface area contributed by atoms with Crippen LogP contribution in [0.5, 0.6) is 5.75 Å². The molecule has 0 saturated carbocycles. The molecule has 3 aromatic carbocycles. The van der Waals surface area contributed by atoms with Gasteiger partial charge in [-0.2, -0.15) is 0 Å². The molecule has 0 fully saturated rings. The number of amides is 1. The molecule has 32 heavy (non-hydrogen) atoms. The van der Waals surface area contributed by atoms with Gasteiger partial charge in [0.25, 0.3) is 5.91 Å². The number of ether oxygens (including phenoxy) is 1. The Hall–Kier alpha value is -3.64. The van der Waals surface area contributed by atoms with Crippen molar-refractivity contribution >= 4 is 23.2 Å². The van der Waals surface area contributed by atoms with Crippen molar-refractivity contribution in [3.63, 3.8) is 0 Å². The van der Waals surface area contributed by atoms with Crippen LogP contribution in [0, 0.1) is 0 Å². The van der Waals surface area contributed by atoms with E-state index in [0.29, 0.717) is 23.8 Å². The second-order valence-electron chi connectivity index (χ2n) is 7.58. The highest BCUT2D eigenvalue weighted by Gasteiger charge is 2.29. The monoisotopic (exact) mass is 443 g/mol. The summed E-state index contributed by atoms with van der Waals surface area (Å²) < 4.78 is 5.89. The number of carbonyl (C=O) groups excluding carboxylic acids is 1. The van der Waals surface area contributed by atoms with Crippen LogP contribution in [-0.2, 0) is 17.9 Å². The largest absolute Gasteiger partial charge is 0.489 e. The lowest BCUT2D eigenvalue weighted by Crippen LogP contribution is -2.46. The van der Waals surface area contributed by atoms with Crippen molar-refractivity contribution in [1.29, 1.82) is 0 Å². The van der Waals surface area contributed by atoms with Crippen LogP contribution >= 0.6 is 12.2 Å². The Balaban J connectivity index is 1.47. The van der Waals surface area contributed by atoms with Gasteiger partial charge in [-0.25, -0.2) is 0 Å². The summed E-state index contributed by atoms with van der Waals surface area (Å²) in [6, 6.07) is 27.3. The maximum atomic E-state index is 13.1. The summed E-state index contributed by atoms with van der Waals surface area (Å²) in [5.41, 5.74) is 4.45.